The van der Waals surface area contributed by atoms with E-state index in [9.17, 15) is 26.7 Å². The summed E-state index contributed by atoms with van der Waals surface area (Å²) < 4.78 is 67.6. The molecular weight excluding hydrogens is 327 g/mol. The highest BCUT2D eigenvalue weighted by Gasteiger charge is 2.35. The number of nitrogens with one attached hydrogen (secondary N) is 1. The highest BCUT2D eigenvalue weighted by Crippen LogP contribution is 2.38. The Bertz CT molecular complexity index is 714. The van der Waals surface area contributed by atoms with E-state index in [0.29, 0.717) is 6.07 Å². The fourth-order valence-corrected chi connectivity index (χ4v) is 1.78. The number of carbonyl (C=O) groups excluding carboxylic acids is 1. The summed E-state index contributed by atoms with van der Waals surface area (Å²) in [5.74, 6) is -1.77. The molecule has 0 aliphatic carbocycles. The Morgan fingerprint density at radius 1 is 1.30 bits per heavy atom. The van der Waals surface area contributed by atoms with Crippen LogP contribution in [0.1, 0.15) is 16.1 Å². The lowest BCUT2D eigenvalue weighted by atomic mass is 10.1. The van der Waals surface area contributed by atoms with E-state index in [1.54, 1.807) is 0 Å². The molecule has 1 amide bonds. The van der Waals surface area contributed by atoms with Gasteiger partial charge in [0.1, 0.15) is 18.1 Å². The van der Waals surface area contributed by atoms with Crippen molar-refractivity contribution in [3.63, 3.8) is 0 Å². The third kappa shape index (κ3) is 3.73. The van der Waals surface area contributed by atoms with Crippen molar-refractivity contribution in [1.29, 1.82) is 0 Å². The number of nitrogens with two attached hydrogens (primary N) is 1. The first-order chi connectivity index (χ1) is 10.7. The summed E-state index contributed by atoms with van der Waals surface area (Å²) in [7, 11) is 0. The quantitative estimate of drug-likeness (QED) is 0.819. The van der Waals surface area contributed by atoms with Crippen molar-refractivity contribution in [3.05, 3.63) is 29.5 Å². The summed E-state index contributed by atoms with van der Waals surface area (Å²) in [5, 5.41) is 9.20. The molecule has 0 spiro atoms. The maximum atomic E-state index is 12.9. The number of nitrogens with zero attached hydrogens (tertiary/aromatic N) is 2. The second-order valence-electron chi connectivity index (χ2n) is 4.30. The number of rotatable bonds is 5. The normalized spacial score (nSPS) is 11.7. The monoisotopic (exact) mass is 336 g/mol. The number of benzene rings is 1. The number of carbonyl (C=O) groups is 1. The lowest BCUT2D eigenvalue weighted by Gasteiger charge is -2.14. The topological polar surface area (TPSA) is 93.9 Å². The molecule has 2 aromatic rings. The Hall–Kier alpha value is -2.72. The van der Waals surface area contributed by atoms with E-state index in [0.717, 1.165) is 12.1 Å². The number of hydrogen-bond acceptors (Lipinski definition) is 4. The van der Waals surface area contributed by atoms with Crippen LogP contribution in [0, 0.1) is 0 Å². The molecule has 0 radical (unpaired) electrons. The summed E-state index contributed by atoms with van der Waals surface area (Å²) in [4.78, 5) is 11.2. The van der Waals surface area contributed by atoms with Crippen molar-refractivity contribution in [1.82, 2.24) is 15.4 Å². The Kier molecular flexibility index (Phi) is 4.48. The maximum Gasteiger partial charge on any atom is 0.419 e. The molecule has 0 aliphatic rings. The van der Waals surface area contributed by atoms with Crippen molar-refractivity contribution < 1.29 is 31.5 Å². The Morgan fingerprint density at radius 2 is 2.00 bits per heavy atom. The van der Waals surface area contributed by atoms with Crippen molar-refractivity contribution in [2.24, 2.45) is 5.73 Å². The minimum absolute atomic E-state index is 0.00446. The summed E-state index contributed by atoms with van der Waals surface area (Å²) in [5.41, 5.74) is 3.42. The fourth-order valence-electron chi connectivity index (χ4n) is 1.78. The predicted octanol–water partition coefficient (Wildman–Crippen LogP) is 2.23. The smallest absolute Gasteiger partial charge is 0.419 e. The second-order valence-corrected chi connectivity index (χ2v) is 4.30. The van der Waals surface area contributed by atoms with Gasteiger partial charge in [0.2, 0.25) is 0 Å². The zero-order valence-corrected chi connectivity index (χ0v) is 11.2. The van der Waals surface area contributed by atoms with Gasteiger partial charge in [-0.15, -0.1) is 0 Å². The van der Waals surface area contributed by atoms with E-state index in [1.165, 1.54) is 0 Å². The number of aromatic amines is 1. The molecular formula is C12H9F5N4O2. The largest absolute Gasteiger partial charge is 0.487 e. The van der Waals surface area contributed by atoms with Gasteiger partial charge in [0.15, 0.2) is 5.69 Å². The van der Waals surface area contributed by atoms with E-state index in [-0.39, 0.29) is 17.0 Å². The molecule has 0 aliphatic heterocycles. The van der Waals surface area contributed by atoms with Crippen molar-refractivity contribution >= 4 is 5.91 Å². The molecule has 124 valence electrons. The van der Waals surface area contributed by atoms with Crippen LogP contribution in [0.25, 0.3) is 11.3 Å². The molecule has 1 heterocycles. The van der Waals surface area contributed by atoms with Crippen LogP contribution in [0.15, 0.2) is 18.2 Å². The first-order valence-electron chi connectivity index (χ1n) is 6.03. The summed E-state index contributed by atoms with van der Waals surface area (Å²) in [6.45, 7) is -1.21. The number of aromatic nitrogens is 3. The number of ether oxygens (including phenoxy) is 1. The number of halogens is 5. The molecule has 1 aromatic heterocycles. The molecule has 0 bridgehead atoms. The molecule has 3 N–H and O–H groups in total. The summed E-state index contributed by atoms with van der Waals surface area (Å²) in [6, 6.07) is 2.48. The Balaban J connectivity index is 2.49. The first-order valence-corrected chi connectivity index (χ1v) is 6.03. The molecule has 0 saturated carbocycles. The van der Waals surface area contributed by atoms with Crippen LogP contribution >= 0.6 is 0 Å². The number of amides is 1. The molecule has 1 aromatic carbocycles. The van der Waals surface area contributed by atoms with Crippen LogP contribution in [0.5, 0.6) is 5.75 Å². The molecule has 0 unspecified atom stereocenters. The Morgan fingerprint density at radius 3 is 2.57 bits per heavy atom. The second kappa shape index (κ2) is 6.18. The maximum absolute atomic E-state index is 12.9. The number of H-pyrrole nitrogens is 1. The highest BCUT2D eigenvalue weighted by molar-refractivity contribution is 5.96. The molecule has 23 heavy (non-hydrogen) atoms. The van der Waals surface area contributed by atoms with Gasteiger partial charge in [0, 0.05) is 5.56 Å². The average Bonchev–Trinajstić information content (AvgIpc) is 2.93. The van der Waals surface area contributed by atoms with E-state index < -0.39 is 36.4 Å². The van der Waals surface area contributed by atoms with E-state index in [4.69, 9.17) is 5.73 Å². The number of primary amides is 1. The van der Waals surface area contributed by atoms with Crippen LogP contribution in [0.4, 0.5) is 22.0 Å². The number of alkyl halides is 5. The van der Waals surface area contributed by atoms with E-state index in [2.05, 4.69) is 20.1 Å². The highest BCUT2D eigenvalue weighted by atomic mass is 19.4. The zero-order chi connectivity index (χ0) is 17.2. The Labute approximate surface area is 125 Å². The van der Waals surface area contributed by atoms with Crippen LogP contribution < -0.4 is 10.5 Å². The molecule has 6 nitrogen and oxygen atoms in total. The third-order valence-corrected chi connectivity index (χ3v) is 2.71. The molecule has 0 saturated heterocycles. The molecule has 0 fully saturated rings. The van der Waals surface area contributed by atoms with Crippen LogP contribution in [0.2, 0.25) is 0 Å². The van der Waals surface area contributed by atoms with E-state index in [1.807, 2.05) is 0 Å². The van der Waals surface area contributed by atoms with Crippen LogP contribution in [-0.4, -0.2) is 34.4 Å². The van der Waals surface area contributed by atoms with Gasteiger partial charge >= 0.3 is 6.18 Å². The van der Waals surface area contributed by atoms with Gasteiger partial charge in [-0.2, -0.15) is 28.6 Å². The minimum atomic E-state index is -4.80. The van der Waals surface area contributed by atoms with Gasteiger partial charge in [-0.05, 0) is 12.1 Å². The summed E-state index contributed by atoms with van der Waals surface area (Å²) >= 11 is 0. The fraction of sp³-hybridized carbons (Fsp3) is 0.250. The van der Waals surface area contributed by atoms with Crippen molar-refractivity contribution in [3.8, 4) is 17.0 Å². The lowest BCUT2D eigenvalue weighted by molar-refractivity contribution is -0.139. The van der Waals surface area contributed by atoms with Gasteiger partial charge in [-0.25, -0.2) is 8.78 Å². The van der Waals surface area contributed by atoms with Gasteiger partial charge in [-0.1, -0.05) is 6.07 Å². The molecule has 0 atom stereocenters. The molecule has 2 rings (SSSR count). The zero-order valence-electron chi connectivity index (χ0n) is 11.2. The molecule has 11 heteroatoms. The van der Waals surface area contributed by atoms with Gasteiger partial charge in [-0.3, -0.25) is 4.79 Å². The van der Waals surface area contributed by atoms with Gasteiger partial charge < -0.3 is 10.5 Å². The first kappa shape index (κ1) is 16.6. The van der Waals surface area contributed by atoms with Crippen molar-refractivity contribution in [2.45, 2.75) is 12.6 Å². The predicted molar refractivity (Wildman–Crippen MR) is 66.8 cm³/mol. The number of hydrogen-bond donors (Lipinski definition) is 2. The minimum Gasteiger partial charge on any atom is -0.487 e. The van der Waals surface area contributed by atoms with Gasteiger partial charge in [0.25, 0.3) is 12.3 Å². The van der Waals surface area contributed by atoms with Crippen LogP contribution in [-0.2, 0) is 6.18 Å². The van der Waals surface area contributed by atoms with Crippen LogP contribution in [0.3, 0.4) is 0 Å². The van der Waals surface area contributed by atoms with Gasteiger partial charge in [0.05, 0.1) is 5.56 Å². The average molecular weight is 336 g/mol. The van der Waals surface area contributed by atoms with E-state index >= 15 is 0 Å². The van der Waals surface area contributed by atoms with Crippen molar-refractivity contribution in [2.75, 3.05) is 6.61 Å². The standard InChI is InChI=1S/C12H9F5N4O2/c13-8(14)4-23-7-3-5(1-2-6(7)12(15,16)17)9-10(11(18)22)20-21-19-9/h1-3,8H,4H2,(H2,18,22)(H,19,20,21). The lowest BCUT2D eigenvalue weighted by Crippen LogP contribution is -2.14. The third-order valence-electron chi connectivity index (χ3n) is 2.71. The SMILES string of the molecule is NC(=O)c1n[nH]nc1-c1ccc(C(F)(F)F)c(OCC(F)F)c1. The summed E-state index contributed by atoms with van der Waals surface area (Å²) in [6.07, 6.45) is -7.75.